The van der Waals surface area contributed by atoms with E-state index in [4.69, 9.17) is 5.73 Å². The number of rotatable bonds is 3. The molecule has 0 radical (unpaired) electrons. The van der Waals surface area contributed by atoms with E-state index in [1.165, 1.54) is 16.9 Å². The molecule has 0 fully saturated rings. The van der Waals surface area contributed by atoms with Gasteiger partial charge in [-0.2, -0.15) is 0 Å². The molecule has 0 aliphatic rings. The van der Waals surface area contributed by atoms with Gasteiger partial charge in [-0.15, -0.1) is 11.3 Å². The zero-order valence-corrected chi connectivity index (χ0v) is 12.1. The summed E-state index contributed by atoms with van der Waals surface area (Å²) in [6.45, 7) is 1.97. The highest BCUT2D eigenvalue weighted by Crippen LogP contribution is 2.32. The van der Waals surface area contributed by atoms with Crippen LogP contribution in [0.25, 0.3) is 10.6 Å². The van der Waals surface area contributed by atoms with E-state index in [0.29, 0.717) is 5.13 Å². The topological polar surface area (TPSA) is 51.8 Å². The van der Waals surface area contributed by atoms with E-state index in [-0.39, 0.29) is 0 Å². The first kappa shape index (κ1) is 12.3. The lowest BCUT2D eigenvalue weighted by Gasteiger charge is -1.96. The molecule has 3 nitrogen and oxygen atoms in total. The number of aromatic nitrogens is 2. The van der Waals surface area contributed by atoms with Gasteiger partial charge in [0.25, 0.3) is 0 Å². The molecule has 2 aromatic heterocycles. The summed E-state index contributed by atoms with van der Waals surface area (Å²) in [5.74, 6) is 0. The predicted molar refractivity (Wildman–Crippen MR) is 81.6 cm³/mol. The molecule has 5 heteroatoms. The maximum atomic E-state index is 5.73. The van der Waals surface area contributed by atoms with Crippen molar-refractivity contribution in [3.05, 3.63) is 52.0 Å². The molecule has 2 heterocycles. The van der Waals surface area contributed by atoms with Gasteiger partial charge in [0.15, 0.2) is 5.13 Å². The smallest absolute Gasteiger partial charge is 0.180 e. The fourth-order valence-electron chi connectivity index (χ4n) is 1.92. The van der Waals surface area contributed by atoms with E-state index in [2.05, 4.69) is 39.6 Å². The van der Waals surface area contributed by atoms with Crippen LogP contribution in [0.4, 0.5) is 5.13 Å². The van der Waals surface area contributed by atoms with E-state index in [9.17, 15) is 0 Å². The van der Waals surface area contributed by atoms with E-state index in [1.54, 1.807) is 11.3 Å². The van der Waals surface area contributed by atoms with Crippen LogP contribution >= 0.6 is 22.7 Å². The van der Waals surface area contributed by atoms with Crippen molar-refractivity contribution in [3.63, 3.8) is 0 Å². The second-order valence-electron chi connectivity index (χ2n) is 4.26. The lowest BCUT2D eigenvalue weighted by Crippen LogP contribution is -1.86. The Labute approximate surface area is 119 Å². The van der Waals surface area contributed by atoms with Crippen molar-refractivity contribution >= 4 is 27.8 Å². The van der Waals surface area contributed by atoms with Crippen LogP contribution in [0.5, 0.6) is 0 Å². The summed E-state index contributed by atoms with van der Waals surface area (Å²) in [6.07, 6.45) is 0.874. The Morgan fingerprint density at radius 3 is 2.63 bits per heavy atom. The Morgan fingerprint density at radius 2 is 1.95 bits per heavy atom. The lowest BCUT2D eigenvalue weighted by atomic mass is 10.2. The molecule has 2 N–H and O–H groups in total. The van der Waals surface area contributed by atoms with E-state index in [0.717, 1.165) is 27.7 Å². The van der Waals surface area contributed by atoms with Crippen molar-refractivity contribution in [3.8, 4) is 10.6 Å². The highest BCUT2D eigenvalue weighted by molar-refractivity contribution is 7.19. The predicted octanol–water partition coefficient (Wildman–Crippen LogP) is 3.75. The summed E-state index contributed by atoms with van der Waals surface area (Å²) in [5.41, 5.74) is 8.96. The number of benzene rings is 1. The number of nitrogen functional groups attached to an aromatic ring is 1. The highest BCUT2D eigenvalue weighted by atomic mass is 32.1. The number of anilines is 1. The number of hydrogen-bond donors (Lipinski definition) is 1. The molecule has 0 saturated heterocycles. The Hall–Kier alpha value is -1.72. The van der Waals surface area contributed by atoms with Gasteiger partial charge >= 0.3 is 0 Å². The summed E-state index contributed by atoms with van der Waals surface area (Å²) < 4.78 is 0. The third-order valence-electron chi connectivity index (χ3n) is 2.80. The number of nitrogens with zero attached hydrogens (tertiary/aromatic N) is 2. The van der Waals surface area contributed by atoms with Crippen LogP contribution in [0.1, 0.15) is 16.3 Å². The normalized spacial score (nSPS) is 10.8. The molecule has 0 spiro atoms. The Kier molecular flexibility index (Phi) is 3.31. The summed E-state index contributed by atoms with van der Waals surface area (Å²) in [4.78, 5) is 10.0. The Bertz CT molecular complexity index is 686. The minimum Gasteiger partial charge on any atom is -0.375 e. The van der Waals surface area contributed by atoms with Crippen LogP contribution in [0, 0.1) is 6.92 Å². The standard InChI is InChI=1S/C14H13N3S2/c1-9-13(19-14(15)16-9)11-8-18-12(17-11)7-10-5-3-2-4-6-10/h2-6,8H,7H2,1H3,(H2,15,16). The summed E-state index contributed by atoms with van der Waals surface area (Å²) >= 11 is 3.18. The van der Waals surface area contributed by atoms with Gasteiger partial charge in [0.05, 0.1) is 21.3 Å². The van der Waals surface area contributed by atoms with Crippen LogP contribution in [-0.2, 0) is 6.42 Å². The molecule has 0 amide bonds. The second-order valence-corrected chi connectivity index (χ2v) is 6.23. The average Bonchev–Trinajstić information content (AvgIpc) is 2.97. The fraction of sp³-hybridized carbons (Fsp3) is 0.143. The van der Waals surface area contributed by atoms with Gasteiger partial charge in [0.2, 0.25) is 0 Å². The molecular formula is C14H13N3S2. The van der Waals surface area contributed by atoms with Crippen molar-refractivity contribution in [2.75, 3.05) is 5.73 Å². The van der Waals surface area contributed by atoms with E-state index < -0.39 is 0 Å². The second kappa shape index (κ2) is 5.11. The molecule has 0 aliphatic carbocycles. The Balaban J connectivity index is 1.86. The van der Waals surface area contributed by atoms with Crippen LogP contribution in [0.2, 0.25) is 0 Å². The van der Waals surface area contributed by atoms with Gasteiger partial charge in [0, 0.05) is 11.8 Å². The largest absolute Gasteiger partial charge is 0.375 e. The molecule has 1 aromatic carbocycles. The van der Waals surface area contributed by atoms with Crippen LogP contribution in [0.15, 0.2) is 35.7 Å². The number of thiazole rings is 2. The first-order valence-corrected chi connectivity index (χ1v) is 7.63. The number of aryl methyl sites for hydroxylation is 1. The van der Waals surface area contributed by atoms with Gasteiger partial charge in [-0.25, -0.2) is 9.97 Å². The fourth-order valence-corrected chi connectivity index (χ4v) is 3.61. The average molecular weight is 287 g/mol. The minimum absolute atomic E-state index is 0.602. The maximum absolute atomic E-state index is 5.73. The van der Waals surface area contributed by atoms with Crippen molar-refractivity contribution in [2.45, 2.75) is 13.3 Å². The first-order valence-electron chi connectivity index (χ1n) is 5.94. The van der Waals surface area contributed by atoms with E-state index >= 15 is 0 Å². The molecule has 96 valence electrons. The monoisotopic (exact) mass is 287 g/mol. The van der Waals surface area contributed by atoms with Gasteiger partial charge in [-0.05, 0) is 12.5 Å². The molecular weight excluding hydrogens is 274 g/mol. The first-order chi connectivity index (χ1) is 9.22. The molecule has 0 saturated carbocycles. The maximum Gasteiger partial charge on any atom is 0.180 e. The summed E-state index contributed by atoms with van der Waals surface area (Å²) in [5, 5.41) is 3.80. The molecule has 0 bridgehead atoms. The highest BCUT2D eigenvalue weighted by Gasteiger charge is 2.11. The molecule has 0 aliphatic heterocycles. The number of nitrogens with two attached hydrogens (primary N) is 1. The summed E-state index contributed by atoms with van der Waals surface area (Å²) in [6, 6.07) is 10.4. The van der Waals surface area contributed by atoms with Gasteiger partial charge in [-0.3, -0.25) is 0 Å². The van der Waals surface area contributed by atoms with Crippen LogP contribution in [-0.4, -0.2) is 9.97 Å². The van der Waals surface area contributed by atoms with Crippen molar-refractivity contribution in [2.24, 2.45) is 0 Å². The van der Waals surface area contributed by atoms with Crippen molar-refractivity contribution in [1.82, 2.24) is 9.97 Å². The molecule has 0 unspecified atom stereocenters. The SMILES string of the molecule is Cc1nc(N)sc1-c1csc(Cc2ccccc2)n1. The molecule has 19 heavy (non-hydrogen) atoms. The summed E-state index contributed by atoms with van der Waals surface area (Å²) in [7, 11) is 0. The lowest BCUT2D eigenvalue weighted by molar-refractivity contribution is 1.14. The minimum atomic E-state index is 0.602. The Morgan fingerprint density at radius 1 is 1.16 bits per heavy atom. The van der Waals surface area contributed by atoms with Crippen LogP contribution in [0.3, 0.4) is 0 Å². The zero-order chi connectivity index (χ0) is 13.2. The zero-order valence-electron chi connectivity index (χ0n) is 10.5. The molecule has 0 atom stereocenters. The van der Waals surface area contributed by atoms with E-state index in [1.807, 2.05) is 13.0 Å². The number of hydrogen-bond acceptors (Lipinski definition) is 5. The van der Waals surface area contributed by atoms with Crippen molar-refractivity contribution < 1.29 is 0 Å². The molecule has 3 rings (SSSR count). The quantitative estimate of drug-likeness (QED) is 0.798. The third kappa shape index (κ3) is 2.67. The van der Waals surface area contributed by atoms with Gasteiger partial charge in [0.1, 0.15) is 0 Å². The molecule has 3 aromatic rings. The van der Waals surface area contributed by atoms with Gasteiger partial charge < -0.3 is 5.73 Å². The third-order valence-corrected chi connectivity index (χ3v) is 4.65. The van der Waals surface area contributed by atoms with Crippen molar-refractivity contribution in [1.29, 1.82) is 0 Å². The van der Waals surface area contributed by atoms with Crippen LogP contribution < -0.4 is 5.73 Å². The van der Waals surface area contributed by atoms with Gasteiger partial charge in [-0.1, -0.05) is 41.7 Å².